The molecule has 0 radical (unpaired) electrons. The van der Waals surface area contributed by atoms with Crippen molar-refractivity contribution in [2.45, 2.75) is 45.1 Å². The molecule has 0 aromatic heterocycles. The summed E-state index contributed by atoms with van der Waals surface area (Å²) in [7, 11) is 0. The first-order valence-corrected chi connectivity index (χ1v) is 6.58. The van der Waals surface area contributed by atoms with Crippen LogP contribution in [0.1, 0.15) is 39.5 Å². The third-order valence-corrected chi connectivity index (χ3v) is 3.51. The van der Waals surface area contributed by atoms with Gasteiger partial charge in [0.25, 0.3) is 0 Å². The van der Waals surface area contributed by atoms with Crippen LogP contribution in [0.25, 0.3) is 0 Å². The molecule has 1 rings (SSSR count). The van der Waals surface area contributed by atoms with E-state index in [1.165, 1.54) is 6.42 Å². The van der Waals surface area contributed by atoms with E-state index in [0.29, 0.717) is 5.92 Å². The molecule has 2 unspecified atom stereocenters. The molecule has 0 amide bonds. The van der Waals surface area contributed by atoms with Crippen molar-refractivity contribution in [2.75, 3.05) is 25.5 Å². The Bertz CT molecular complexity index is 184. The van der Waals surface area contributed by atoms with Crippen LogP contribution < -0.4 is 0 Å². The SMILES string of the molecule is CC(CCCl)CCN1CCCC(C)(O)C1. The largest absolute Gasteiger partial charge is 0.389 e. The lowest BCUT2D eigenvalue weighted by molar-refractivity contribution is -0.0167. The van der Waals surface area contributed by atoms with E-state index in [4.69, 9.17) is 11.6 Å². The molecule has 0 aliphatic carbocycles. The fraction of sp³-hybridized carbons (Fsp3) is 1.00. The number of aliphatic hydroxyl groups is 1. The van der Waals surface area contributed by atoms with Crippen molar-refractivity contribution < 1.29 is 5.11 Å². The summed E-state index contributed by atoms with van der Waals surface area (Å²) in [4.78, 5) is 2.38. The zero-order valence-electron chi connectivity index (χ0n) is 10.0. The number of halogens is 1. The van der Waals surface area contributed by atoms with E-state index in [2.05, 4.69) is 11.8 Å². The molecule has 2 nitrogen and oxygen atoms in total. The van der Waals surface area contributed by atoms with Gasteiger partial charge in [0.15, 0.2) is 0 Å². The van der Waals surface area contributed by atoms with E-state index < -0.39 is 5.60 Å². The van der Waals surface area contributed by atoms with Crippen LogP contribution in [-0.2, 0) is 0 Å². The molecule has 0 aromatic rings. The van der Waals surface area contributed by atoms with Gasteiger partial charge in [0.1, 0.15) is 0 Å². The van der Waals surface area contributed by atoms with Crippen LogP contribution in [0.2, 0.25) is 0 Å². The van der Waals surface area contributed by atoms with Gasteiger partial charge in [-0.15, -0.1) is 11.6 Å². The highest BCUT2D eigenvalue weighted by atomic mass is 35.5. The van der Waals surface area contributed by atoms with Gasteiger partial charge in [-0.05, 0) is 51.6 Å². The summed E-state index contributed by atoms with van der Waals surface area (Å²) in [5.41, 5.74) is -0.464. The maximum Gasteiger partial charge on any atom is 0.0746 e. The van der Waals surface area contributed by atoms with Gasteiger partial charge in [0, 0.05) is 12.4 Å². The van der Waals surface area contributed by atoms with Crippen molar-refractivity contribution in [3.63, 3.8) is 0 Å². The highest BCUT2D eigenvalue weighted by Crippen LogP contribution is 2.21. The van der Waals surface area contributed by atoms with Gasteiger partial charge >= 0.3 is 0 Å². The van der Waals surface area contributed by atoms with Crippen molar-refractivity contribution in [1.82, 2.24) is 4.90 Å². The molecule has 1 heterocycles. The minimum atomic E-state index is -0.464. The van der Waals surface area contributed by atoms with E-state index in [1.807, 2.05) is 6.92 Å². The molecule has 1 saturated heterocycles. The van der Waals surface area contributed by atoms with Gasteiger partial charge in [0.05, 0.1) is 5.60 Å². The zero-order valence-corrected chi connectivity index (χ0v) is 10.8. The Hall–Kier alpha value is 0.210. The molecule has 15 heavy (non-hydrogen) atoms. The topological polar surface area (TPSA) is 23.5 Å². The van der Waals surface area contributed by atoms with Crippen LogP contribution in [0.5, 0.6) is 0 Å². The number of rotatable bonds is 5. The predicted molar refractivity (Wildman–Crippen MR) is 65.4 cm³/mol. The first-order valence-electron chi connectivity index (χ1n) is 6.04. The van der Waals surface area contributed by atoms with Crippen molar-refractivity contribution in [3.05, 3.63) is 0 Å². The Kier molecular flexibility index (Phi) is 5.37. The Morgan fingerprint density at radius 3 is 2.80 bits per heavy atom. The van der Waals surface area contributed by atoms with E-state index in [-0.39, 0.29) is 0 Å². The Balaban J connectivity index is 2.21. The Morgan fingerprint density at radius 2 is 2.20 bits per heavy atom. The number of likely N-dealkylation sites (tertiary alicyclic amines) is 1. The van der Waals surface area contributed by atoms with Crippen LogP contribution in [0, 0.1) is 5.92 Å². The summed E-state index contributed by atoms with van der Waals surface area (Å²) in [5.74, 6) is 1.47. The number of piperidine rings is 1. The average Bonchev–Trinajstić information content (AvgIpc) is 2.14. The Morgan fingerprint density at radius 1 is 1.47 bits per heavy atom. The number of nitrogens with zero attached hydrogens (tertiary/aromatic N) is 1. The molecule has 0 spiro atoms. The van der Waals surface area contributed by atoms with Crippen LogP contribution >= 0.6 is 11.6 Å². The summed E-state index contributed by atoms with van der Waals surface area (Å²) in [6.07, 6.45) is 4.37. The molecule has 0 aromatic carbocycles. The summed E-state index contributed by atoms with van der Waals surface area (Å²) in [6, 6.07) is 0. The molecular formula is C12H24ClNO. The standard InChI is InChI=1S/C12H24ClNO/c1-11(4-7-13)5-9-14-8-3-6-12(2,15)10-14/h11,15H,3-10H2,1-2H3. The lowest BCUT2D eigenvalue weighted by atomic mass is 9.94. The fourth-order valence-corrected chi connectivity index (χ4v) is 2.62. The minimum Gasteiger partial charge on any atom is -0.389 e. The van der Waals surface area contributed by atoms with Gasteiger partial charge in [0.2, 0.25) is 0 Å². The third-order valence-electron chi connectivity index (χ3n) is 3.29. The molecule has 1 fully saturated rings. The monoisotopic (exact) mass is 233 g/mol. The van der Waals surface area contributed by atoms with Gasteiger partial charge in [-0.1, -0.05) is 6.92 Å². The van der Waals surface area contributed by atoms with Crippen LogP contribution in [0.3, 0.4) is 0 Å². The predicted octanol–water partition coefficient (Wildman–Crippen LogP) is 2.49. The van der Waals surface area contributed by atoms with Crippen LogP contribution in [0.4, 0.5) is 0 Å². The zero-order chi connectivity index (χ0) is 11.3. The maximum absolute atomic E-state index is 9.95. The fourth-order valence-electron chi connectivity index (χ4n) is 2.25. The molecule has 1 aliphatic rings. The van der Waals surface area contributed by atoms with Crippen LogP contribution in [0.15, 0.2) is 0 Å². The molecule has 2 atom stereocenters. The van der Waals surface area contributed by atoms with Crippen molar-refractivity contribution in [2.24, 2.45) is 5.92 Å². The van der Waals surface area contributed by atoms with Crippen molar-refractivity contribution in [1.29, 1.82) is 0 Å². The van der Waals surface area contributed by atoms with Gasteiger partial charge in [-0.25, -0.2) is 0 Å². The second-order valence-corrected chi connectivity index (χ2v) is 5.63. The van der Waals surface area contributed by atoms with Gasteiger partial charge in [-0.3, -0.25) is 0 Å². The normalized spacial score (nSPS) is 30.4. The smallest absolute Gasteiger partial charge is 0.0746 e. The van der Waals surface area contributed by atoms with Gasteiger partial charge < -0.3 is 10.0 Å². The third kappa shape index (κ3) is 5.19. The number of β-amino-alcohol motifs (C(OH)–C–C–N with tert-alkyl or cyclic N) is 1. The lowest BCUT2D eigenvalue weighted by Gasteiger charge is -2.37. The highest BCUT2D eigenvalue weighted by molar-refractivity contribution is 6.17. The summed E-state index contributed by atoms with van der Waals surface area (Å²) < 4.78 is 0. The summed E-state index contributed by atoms with van der Waals surface area (Å²) in [5, 5.41) is 9.95. The lowest BCUT2D eigenvalue weighted by Crippen LogP contribution is -2.46. The molecule has 3 heteroatoms. The minimum absolute atomic E-state index is 0.464. The number of alkyl halides is 1. The molecule has 1 aliphatic heterocycles. The first-order chi connectivity index (χ1) is 7.03. The van der Waals surface area contributed by atoms with Crippen LogP contribution in [-0.4, -0.2) is 41.1 Å². The van der Waals surface area contributed by atoms with E-state index in [0.717, 1.165) is 44.8 Å². The van der Waals surface area contributed by atoms with E-state index in [1.54, 1.807) is 0 Å². The second kappa shape index (κ2) is 6.07. The summed E-state index contributed by atoms with van der Waals surface area (Å²) >= 11 is 5.71. The molecule has 90 valence electrons. The quantitative estimate of drug-likeness (QED) is 0.738. The molecular weight excluding hydrogens is 210 g/mol. The molecule has 0 saturated carbocycles. The Labute approximate surface area is 98.6 Å². The molecule has 1 N–H and O–H groups in total. The van der Waals surface area contributed by atoms with Gasteiger partial charge in [-0.2, -0.15) is 0 Å². The van der Waals surface area contributed by atoms with E-state index >= 15 is 0 Å². The number of hydrogen-bond donors (Lipinski definition) is 1. The average molecular weight is 234 g/mol. The highest BCUT2D eigenvalue weighted by Gasteiger charge is 2.27. The van der Waals surface area contributed by atoms with Crippen molar-refractivity contribution >= 4 is 11.6 Å². The number of hydrogen-bond acceptors (Lipinski definition) is 2. The summed E-state index contributed by atoms with van der Waals surface area (Å²) in [6.45, 7) is 7.28. The van der Waals surface area contributed by atoms with Crippen molar-refractivity contribution in [3.8, 4) is 0 Å². The maximum atomic E-state index is 9.95. The first kappa shape index (κ1) is 13.3. The molecule has 0 bridgehead atoms. The van der Waals surface area contributed by atoms with E-state index in [9.17, 15) is 5.11 Å². The second-order valence-electron chi connectivity index (χ2n) is 5.25.